The maximum atomic E-state index is 12.4. The first-order chi connectivity index (χ1) is 26.5. The lowest BCUT2D eigenvalue weighted by molar-refractivity contribution is -0.161. The van der Waals surface area contributed by atoms with Crippen LogP contribution in [0.2, 0.25) is 0 Å². The number of aliphatic hydroxyl groups is 1. The van der Waals surface area contributed by atoms with Gasteiger partial charge in [-0.1, -0.05) is 192 Å². The molecule has 0 aromatic rings. The third-order valence-corrected chi connectivity index (χ3v) is 10.2. The number of phosphoric acid groups is 1. The molecule has 0 saturated carbocycles. The van der Waals surface area contributed by atoms with Gasteiger partial charge in [0.1, 0.15) is 6.61 Å². The average molecular weight is 799 g/mol. The predicted octanol–water partition coefficient (Wildman–Crippen LogP) is 12.6. The molecule has 322 valence electrons. The topological polar surface area (TPSA) is 140 Å². The Morgan fingerprint density at radius 2 is 1.07 bits per heavy atom. The van der Waals surface area contributed by atoms with Gasteiger partial charge < -0.3 is 24.4 Å². The van der Waals surface area contributed by atoms with Crippen molar-refractivity contribution in [2.45, 2.75) is 219 Å². The van der Waals surface area contributed by atoms with Crippen LogP contribution in [0.1, 0.15) is 207 Å². The molecule has 0 aliphatic rings. The molecule has 0 bridgehead atoms. The lowest BCUT2D eigenvalue weighted by Crippen LogP contribution is -2.29. The van der Waals surface area contributed by atoms with Gasteiger partial charge in [-0.2, -0.15) is 0 Å². The van der Waals surface area contributed by atoms with Gasteiger partial charge in [0.15, 0.2) is 6.10 Å². The van der Waals surface area contributed by atoms with Crippen LogP contribution in [0.25, 0.3) is 0 Å². The number of carbonyl (C=O) groups is 2. The summed E-state index contributed by atoms with van der Waals surface area (Å²) in [6.45, 7) is 5.83. The van der Waals surface area contributed by atoms with Crippen molar-refractivity contribution < 1.29 is 43.0 Å². The van der Waals surface area contributed by atoms with E-state index >= 15 is 0 Å². The van der Waals surface area contributed by atoms with Gasteiger partial charge in [-0.25, -0.2) is 4.57 Å². The summed E-state index contributed by atoms with van der Waals surface area (Å²) in [6.07, 6.45) is 42.0. The maximum Gasteiger partial charge on any atom is 0.469 e. The Balaban J connectivity index is 3.90. The van der Waals surface area contributed by atoms with Gasteiger partial charge in [-0.3, -0.25) is 14.1 Å². The fraction of sp³-hybridized carbons (Fsp3) is 0.822. The van der Waals surface area contributed by atoms with E-state index in [1.807, 2.05) is 24.3 Å². The van der Waals surface area contributed by atoms with Gasteiger partial charge >= 0.3 is 19.8 Å². The molecule has 3 N–H and O–H groups in total. The van der Waals surface area contributed by atoms with Crippen LogP contribution in [0, 0.1) is 5.92 Å². The molecule has 0 spiro atoms. The first kappa shape index (κ1) is 53.2. The molecule has 2 atom stereocenters. The van der Waals surface area contributed by atoms with Crippen LogP contribution in [0.15, 0.2) is 36.5 Å². The van der Waals surface area contributed by atoms with Crippen LogP contribution in [-0.4, -0.2) is 52.3 Å². The van der Waals surface area contributed by atoms with Crippen LogP contribution in [-0.2, 0) is 28.2 Å². The zero-order chi connectivity index (χ0) is 40.7. The lowest BCUT2D eigenvalue weighted by Gasteiger charge is -2.18. The minimum Gasteiger partial charge on any atom is -0.462 e. The second kappa shape index (κ2) is 39.1. The van der Waals surface area contributed by atoms with Crippen molar-refractivity contribution >= 4 is 19.8 Å². The van der Waals surface area contributed by atoms with Crippen LogP contribution in [0.4, 0.5) is 0 Å². The summed E-state index contributed by atoms with van der Waals surface area (Å²) in [6, 6.07) is 0. The summed E-state index contributed by atoms with van der Waals surface area (Å²) in [5.74, 6) is -0.0873. The summed E-state index contributed by atoms with van der Waals surface area (Å²) in [4.78, 5) is 42.9. The van der Waals surface area contributed by atoms with Crippen molar-refractivity contribution in [3.63, 3.8) is 0 Å². The fourth-order valence-electron chi connectivity index (χ4n) is 6.36. The molecule has 55 heavy (non-hydrogen) atoms. The summed E-state index contributed by atoms with van der Waals surface area (Å²) < 4.78 is 26.4. The highest BCUT2D eigenvalue weighted by atomic mass is 31.2. The number of hydrogen-bond acceptors (Lipinski definition) is 7. The van der Waals surface area contributed by atoms with Crippen molar-refractivity contribution in [3.05, 3.63) is 36.5 Å². The Labute approximate surface area is 336 Å². The van der Waals surface area contributed by atoms with Crippen LogP contribution >= 0.6 is 7.82 Å². The summed E-state index contributed by atoms with van der Waals surface area (Å²) >= 11 is 0. The van der Waals surface area contributed by atoms with E-state index in [0.717, 1.165) is 63.7 Å². The zero-order valence-electron chi connectivity index (χ0n) is 35.4. The van der Waals surface area contributed by atoms with Gasteiger partial charge in [0.2, 0.25) is 0 Å². The fourth-order valence-corrected chi connectivity index (χ4v) is 6.72. The molecule has 9 nitrogen and oxygen atoms in total. The highest BCUT2D eigenvalue weighted by molar-refractivity contribution is 7.46. The average Bonchev–Trinajstić information content (AvgIpc) is 3.13. The standard InChI is InChI=1S/C45H83O9P/c1-4-5-29-35-42(46)36-31-26-22-18-16-20-23-27-32-37-44(47)52-39-43(40-53-55(49,50)51)54-45(48)38-33-28-24-19-15-13-11-9-7-6-8-10-12-14-17-21-25-30-34-41(2)3/h5,22,26,29,31,36,41-43,46H,4,6-21,23-25,27-28,30,32-35,37-40H2,1-3H3,(H2,49,50,51)/b26-22+,29-5+,36-31+/t42?,43-/m1/s1. The third-order valence-electron chi connectivity index (χ3n) is 9.68. The Morgan fingerprint density at radius 1 is 0.600 bits per heavy atom. The monoisotopic (exact) mass is 799 g/mol. The van der Waals surface area contributed by atoms with Crippen LogP contribution < -0.4 is 0 Å². The van der Waals surface area contributed by atoms with E-state index < -0.39 is 38.6 Å². The highest BCUT2D eigenvalue weighted by Crippen LogP contribution is 2.36. The second-order valence-corrected chi connectivity index (χ2v) is 16.9. The molecule has 0 saturated heterocycles. The predicted molar refractivity (Wildman–Crippen MR) is 227 cm³/mol. The molecule has 0 aliphatic heterocycles. The molecular formula is C45H83O9P. The quantitative estimate of drug-likeness (QED) is 0.0182. The zero-order valence-corrected chi connectivity index (χ0v) is 36.2. The van der Waals surface area contributed by atoms with E-state index in [9.17, 15) is 19.3 Å². The molecule has 0 aliphatic carbocycles. The Bertz CT molecular complexity index is 1020. The lowest BCUT2D eigenvalue weighted by atomic mass is 10.0. The molecule has 0 aromatic heterocycles. The number of carbonyl (C=O) groups excluding carboxylic acids is 2. The SMILES string of the molecule is CC/C=C/CC(O)/C=C/C=C/CCCCCCCC(=O)OC[C@H](COP(=O)(O)O)OC(=O)CCCCCCCCCCCCCCCCCCCCC(C)C. The first-order valence-electron chi connectivity index (χ1n) is 22.2. The first-order valence-corrected chi connectivity index (χ1v) is 23.8. The highest BCUT2D eigenvalue weighted by Gasteiger charge is 2.23. The van der Waals surface area contributed by atoms with E-state index in [1.54, 1.807) is 6.08 Å². The minimum atomic E-state index is -4.77. The van der Waals surface area contributed by atoms with Gasteiger partial charge in [-0.15, -0.1) is 0 Å². The minimum absolute atomic E-state index is 0.200. The van der Waals surface area contributed by atoms with E-state index in [1.165, 1.54) is 96.3 Å². The third kappa shape index (κ3) is 43.2. The van der Waals surface area contributed by atoms with E-state index in [2.05, 4.69) is 31.4 Å². The number of esters is 2. The van der Waals surface area contributed by atoms with Gasteiger partial charge in [0.25, 0.3) is 0 Å². The Kier molecular flexibility index (Phi) is 37.8. The van der Waals surface area contributed by atoms with Gasteiger partial charge in [0, 0.05) is 12.8 Å². The van der Waals surface area contributed by atoms with Crippen LogP contribution in [0.3, 0.4) is 0 Å². The number of ether oxygens (including phenoxy) is 2. The molecule has 0 rings (SSSR count). The van der Waals surface area contributed by atoms with Crippen molar-refractivity contribution in [1.82, 2.24) is 0 Å². The van der Waals surface area contributed by atoms with Crippen molar-refractivity contribution in [2.24, 2.45) is 5.92 Å². The van der Waals surface area contributed by atoms with Gasteiger partial charge in [0.05, 0.1) is 12.7 Å². The number of allylic oxidation sites excluding steroid dienone is 4. The van der Waals surface area contributed by atoms with E-state index in [0.29, 0.717) is 19.3 Å². The Hall–Kier alpha value is -1.77. The molecule has 0 aromatic carbocycles. The largest absolute Gasteiger partial charge is 0.469 e. The Morgan fingerprint density at radius 3 is 1.56 bits per heavy atom. The summed E-state index contributed by atoms with van der Waals surface area (Å²) in [5.41, 5.74) is 0. The normalized spacial score (nSPS) is 13.4. The van der Waals surface area contributed by atoms with Crippen molar-refractivity contribution in [3.8, 4) is 0 Å². The summed E-state index contributed by atoms with van der Waals surface area (Å²) in [5, 5.41) is 9.84. The molecule has 0 heterocycles. The maximum absolute atomic E-state index is 12.4. The number of phosphoric ester groups is 1. The van der Waals surface area contributed by atoms with Crippen molar-refractivity contribution in [2.75, 3.05) is 13.2 Å². The second-order valence-electron chi connectivity index (χ2n) is 15.7. The number of hydrogen-bond donors (Lipinski definition) is 3. The molecule has 0 amide bonds. The number of unbranched alkanes of at least 4 members (excludes halogenated alkanes) is 22. The van der Waals surface area contributed by atoms with Gasteiger partial charge in [-0.05, 0) is 44.4 Å². The smallest absolute Gasteiger partial charge is 0.462 e. The molecule has 0 fully saturated rings. The molecule has 10 heteroatoms. The van der Waals surface area contributed by atoms with E-state index in [4.69, 9.17) is 19.3 Å². The molecule has 1 unspecified atom stereocenters. The van der Waals surface area contributed by atoms with Crippen molar-refractivity contribution in [1.29, 1.82) is 0 Å². The molecule has 0 radical (unpaired) electrons. The number of aliphatic hydroxyl groups excluding tert-OH is 1. The number of rotatable bonds is 40. The summed E-state index contributed by atoms with van der Waals surface area (Å²) in [7, 11) is -4.77. The van der Waals surface area contributed by atoms with Crippen LogP contribution in [0.5, 0.6) is 0 Å². The molecular weight excluding hydrogens is 715 g/mol. The van der Waals surface area contributed by atoms with E-state index in [-0.39, 0.29) is 19.4 Å².